The Balaban J connectivity index is 0.00000288. The summed E-state index contributed by atoms with van der Waals surface area (Å²) in [5.74, 6) is 0.829. The molecule has 5 heteroatoms. The molecule has 1 aliphatic heterocycles. The van der Waals surface area contributed by atoms with Crippen molar-refractivity contribution in [2.45, 2.75) is 52.5 Å². The Morgan fingerprint density at radius 3 is 2.54 bits per heavy atom. The number of carbonyl (C=O) groups is 1. The van der Waals surface area contributed by atoms with E-state index in [1.165, 1.54) is 0 Å². The largest absolute Gasteiger partial charge is 0.483 e. The van der Waals surface area contributed by atoms with Gasteiger partial charge in [-0.15, -0.1) is 12.4 Å². The Labute approximate surface area is 152 Å². The lowest BCUT2D eigenvalue weighted by Gasteiger charge is -2.42. The molecule has 2 N–H and O–H groups in total. The lowest BCUT2D eigenvalue weighted by Crippen LogP contribution is -2.54. The molecule has 0 spiro atoms. The van der Waals surface area contributed by atoms with Crippen molar-refractivity contribution in [1.29, 1.82) is 0 Å². The summed E-state index contributed by atoms with van der Waals surface area (Å²) in [4.78, 5) is 14.4. The van der Waals surface area contributed by atoms with Gasteiger partial charge in [-0.2, -0.15) is 0 Å². The lowest BCUT2D eigenvalue weighted by atomic mass is 9.80. The summed E-state index contributed by atoms with van der Waals surface area (Å²) in [6, 6.07) is 8.09. The highest BCUT2D eigenvalue weighted by molar-refractivity contribution is 5.85. The number of ether oxygens (including phenoxy) is 1. The number of rotatable bonds is 3. The van der Waals surface area contributed by atoms with Crippen LogP contribution in [0.25, 0.3) is 0 Å². The smallest absolute Gasteiger partial charge is 0.260 e. The monoisotopic (exact) mass is 354 g/mol. The summed E-state index contributed by atoms with van der Waals surface area (Å²) in [5, 5.41) is 0. The number of nitrogens with two attached hydrogens (primary N) is 1. The first kappa shape index (κ1) is 20.8. The van der Waals surface area contributed by atoms with Crippen LogP contribution in [0.5, 0.6) is 5.75 Å². The van der Waals surface area contributed by atoms with Gasteiger partial charge < -0.3 is 15.4 Å². The molecular formula is C19H31ClN2O2. The third-order valence-electron chi connectivity index (χ3n) is 4.71. The molecule has 1 saturated heterocycles. The van der Waals surface area contributed by atoms with E-state index >= 15 is 0 Å². The minimum atomic E-state index is -0.0444. The van der Waals surface area contributed by atoms with Gasteiger partial charge in [0, 0.05) is 19.1 Å². The third kappa shape index (κ3) is 4.87. The zero-order chi connectivity index (χ0) is 17.3. The molecular weight excluding hydrogens is 324 g/mol. The van der Waals surface area contributed by atoms with E-state index in [1.54, 1.807) is 0 Å². The second-order valence-corrected chi connectivity index (χ2v) is 8.23. The van der Waals surface area contributed by atoms with Crippen LogP contribution in [-0.2, 0) is 10.2 Å². The fraction of sp³-hybridized carbons (Fsp3) is 0.632. The number of piperidine rings is 1. The maximum Gasteiger partial charge on any atom is 0.260 e. The highest BCUT2D eigenvalue weighted by Gasteiger charge is 2.35. The fourth-order valence-electron chi connectivity index (χ4n) is 3.03. The van der Waals surface area contributed by atoms with Gasteiger partial charge in [-0.05, 0) is 28.9 Å². The quantitative estimate of drug-likeness (QED) is 0.905. The molecule has 1 aromatic carbocycles. The standard InChI is InChI=1S/C19H30N2O2.ClH/c1-18(2,3)14-8-6-7-9-15(14)23-12-17(22)21-11-10-16(20)19(4,5)13-21;/h6-9,16H,10-13,20H2,1-5H3;1H. The number of benzene rings is 1. The second kappa shape index (κ2) is 7.75. The first-order chi connectivity index (χ1) is 10.6. The van der Waals surface area contributed by atoms with E-state index in [1.807, 2.05) is 23.1 Å². The van der Waals surface area contributed by atoms with Gasteiger partial charge >= 0.3 is 0 Å². The average molecular weight is 355 g/mol. The molecule has 2 rings (SSSR count). The molecule has 1 aromatic rings. The number of amides is 1. The van der Waals surface area contributed by atoms with E-state index in [9.17, 15) is 4.79 Å². The van der Waals surface area contributed by atoms with Gasteiger partial charge in [0.15, 0.2) is 6.61 Å². The average Bonchev–Trinajstić information content (AvgIpc) is 2.47. The van der Waals surface area contributed by atoms with Crippen molar-refractivity contribution in [2.24, 2.45) is 11.1 Å². The zero-order valence-corrected chi connectivity index (χ0v) is 16.3. The predicted octanol–water partition coefficient (Wildman–Crippen LogP) is 3.37. The first-order valence-electron chi connectivity index (χ1n) is 8.37. The minimum Gasteiger partial charge on any atom is -0.483 e. The molecule has 1 aliphatic rings. The number of likely N-dealkylation sites (tertiary alicyclic amines) is 1. The summed E-state index contributed by atoms with van der Waals surface area (Å²) >= 11 is 0. The Bertz CT molecular complexity index is 567. The van der Waals surface area contributed by atoms with Crippen LogP contribution in [0.15, 0.2) is 24.3 Å². The SMILES string of the molecule is CC(C)(C)c1ccccc1OCC(=O)N1CCC(N)C(C)(C)C1.Cl. The van der Waals surface area contributed by atoms with Gasteiger partial charge in [0.1, 0.15) is 5.75 Å². The summed E-state index contributed by atoms with van der Waals surface area (Å²) in [6.45, 7) is 12.2. The van der Waals surface area contributed by atoms with Crippen molar-refractivity contribution in [3.8, 4) is 5.75 Å². The minimum absolute atomic E-state index is 0. The topological polar surface area (TPSA) is 55.6 Å². The Hall–Kier alpha value is -1.26. The van der Waals surface area contributed by atoms with E-state index < -0.39 is 0 Å². The van der Waals surface area contributed by atoms with E-state index in [0.29, 0.717) is 13.1 Å². The highest BCUT2D eigenvalue weighted by Crippen LogP contribution is 2.31. The molecule has 24 heavy (non-hydrogen) atoms. The molecule has 1 amide bonds. The van der Waals surface area contributed by atoms with Crippen molar-refractivity contribution < 1.29 is 9.53 Å². The zero-order valence-electron chi connectivity index (χ0n) is 15.5. The molecule has 1 unspecified atom stereocenters. The number of halogens is 1. The van der Waals surface area contributed by atoms with Crippen LogP contribution in [0.1, 0.15) is 46.6 Å². The molecule has 0 bridgehead atoms. The molecule has 0 radical (unpaired) electrons. The van der Waals surface area contributed by atoms with Crippen LogP contribution < -0.4 is 10.5 Å². The molecule has 0 aliphatic carbocycles. The van der Waals surface area contributed by atoms with Crippen molar-refractivity contribution in [3.63, 3.8) is 0 Å². The molecule has 136 valence electrons. The van der Waals surface area contributed by atoms with E-state index in [4.69, 9.17) is 10.5 Å². The third-order valence-corrected chi connectivity index (χ3v) is 4.71. The lowest BCUT2D eigenvalue weighted by molar-refractivity contribution is -0.136. The predicted molar refractivity (Wildman–Crippen MR) is 101 cm³/mol. The van der Waals surface area contributed by atoms with Crippen molar-refractivity contribution in [3.05, 3.63) is 29.8 Å². The van der Waals surface area contributed by atoms with Gasteiger partial charge in [-0.1, -0.05) is 52.8 Å². The molecule has 0 aromatic heterocycles. The summed E-state index contributed by atoms with van der Waals surface area (Å²) in [6.07, 6.45) is 0.845. The van der Waals surface area contributed by atoms with Crippen LogP contribution in [0.4, 0.5) is 0 Å². The van der Waals surface area contributed by atoms with Crippen LogP contribution in [0, 0.1) is 5.41 Å². The van der Waals surface area contributed by atoms with Crippen molar-refractivity contribution in [2.75, 3.05) is 19.7 Å². The van der Waals surface area contributed by atoms with E-state index in [0.717, 1.165) is 17.7 Å². The molecule has 1 atom stereocenters. The number of nitrogens with zero attached hydrogens (tertiary/aromatic N) is 1. The van der Waals surface area contributed by atoms with E-state index in [2.05, 4.69) is 40.7 Å². The Morgan fingerprint density at radius 1 is 1.33 bits per heavy atom. The second-order valence-electron chi connectivity index (χ2n) is 8.23. The van der Waals surface area contributed by atoms with Crippen LogP contribution in [0.3, 0.4) is 0 Å². The van der Waals surface area contributed by atoms with Crippen molar-refractivity contribution in [1.82, 2.24) is 4.90 Å². The maximum absolute atomic E-state index is 12.5. The summed E-state index contributed by atoms with van der Waals surface area (Å²) in [7, 11) is 0. The number of hydrogen-bond acceptors (Lipinski definition) is 3. The number of hydrogen-bond donors (Lipinski definition) is 1. The number of carbonyl (C=O) groups excluding carboxylic acids is 1. The first-order valence-corrected chi connectivity index (χ1v) is 8.37. The van der Waals surface area contributed by atoms with Crippen molar-refractivity contribution >= 4 is 18.3 Å². The molecule has 1 fully saturated rings. The van der Waals surface area contributed by atoms with Gasteiger partial charge in [0.2, 0.25) is 0 Å². The fourth-order valence-corrected chi connectivity index (χ4v) is 3.03. The molecule has 1 heterocycles. The van der Waals surface area contributed by atoms with Crippen LogP contribution >= 0.6 is 12.4 Å². The maximum atomic E-state index is 12.5. The van der Waals surface area contributed by atoms with Crippen LogP contribution in [-0.4, -0.2) is 36.5 Å². The normalized spacial score (nSPS) is 20.2. The number of para-hydroxylation sites is 1. The van der Waals surface area contributed by atoms with Crippen LogP contribution in [0.2, 0.25) is 0 Å². The van der Waals surface area contributed by atoms with Gasteiger partial charge in [-0.25, -0.2) is 0 Å². The highest BCUT2D eigenvalue weighted by atomic mass is 35.5. The Morgan fingerprint density at radius 2 is 1.96 bits per heavy atom. The molecule has 0 saturated carbocycles. The van der Waals surface area contributed by atoms with E-state index in [-0.39, 0.29) is 41.8 Å². The van der Waals surface area contributed by atoms with Gasteiger partial charge in [0.25, 0.3) is 5.91 Å². The molecule has 4 nitrogen and oxygen atoms in total. The summed E-state index contributed by atoms with van der Waals surface area (Å²) < 4.78 is 5.85. The summed E-state index contributed by atoms with van der Waals surface area (Å²) in [5.41, 5.74) is 7.20. The Kier molecular flexibility index (Phi) is 6.71. The van der Waals surface area contributed by atoms with Gasteiger partial charge in [-0.3, -0.25) is 4.79 Å². The van der Waals surface area contributed by atoms with Gasteiger partial charge in [0.05, 0.1) is 0 Å².